The molecule has 23 heavy (non-hydrogen) atoms. The zero-order valence-electron chi connectivity index (χ0n) is 12.2. The number of benzene rings is 1. The highest BCUT2D eigenvalue weighted by atomic mass is 35.5. The predicted octanol–water partition coefficient (Wildman–Crippen LogP) is 3.05. The molecule has 5 nitrogen and oxygen atoms in total. The van der Waals surface area contributed by atoms with E-state index < -0.39 is 0 Å². The Morgan fingerprint density at radius 1 is 1.13 bits per heavy atom. The van der Waals surface area contributed by atoms with Crippen molar-refractivity contribution < 1.29 is 9.50 Å². The largest absolute Gasteiger partial charge is 0.396 e. The van der Waals surface area contributed by atoms with E-state index >= 15 is 0 Å². The molecule has 3 rings (SSSR count). The maximum Gasteiger partial charge on any atom is 0.168 e. The molecule has 0 saturated heterocycles. The van der Waals surface area contributed by atoms with Crippen LogP contribution < -0.4 is 0 Å². The standard InChI is InChI=1S/C16H14ClFN4O/c17-14-10-13(7-8-19-14)22-15(2-1-9-23)20-21-16(22)11-3-5-12(18)6-4-11/h3-8,10,23H,1-2,9H2. The number of aryl methyl sites for hydroxylation is 1. The van der Waals surface area contributed by atoms with E-state index in [2.05, 4.69) is 15.2 Å². The fourth-order valence-corrected chi connectivity index (χ4v) is 2.47. The molecule has 0 fully saturated rings. The third kappa shape index (κ3) is 3.38. The van der Waals surface area contributed by atoms with Gasteiger partial charge in [-0.3, -0.25) is 4.57 Å². The highest BCUT2D eigenvalue weighted by Gasteiger charge is 2.16. The topological polar surface area (TPSA) is 63.8 Å². The van der Waals surface area contributed by atoms with Crippen molar-refractivity contribution in [2.45, 2.75) is 12.8 Å². The van der Waals surface area contributed by atoms with Gasteiger partial charge in [0.25, 0.3) is 0 Å². The number of rotatable bonds is 5. The van der Waals surface area contributed by atoms with Gasteiger partial charge in [0.05, 0.1) is 5.69 Å². The first-order valence-corrected chi connectivity index (χ1v) is 7.50. The lowest BCUT2D eigenvalue weighted by molar-refractivity contribution is 0.287. The lowest BCUT2D eigenvalue weighted by atomic mass is 10.2. The highest BCUT2D eigenvalue weighted by molar-refractivity contribution is 6.29. The molecule has 1 N–H and O–H groups in total. The Balaban J connectivity index is 2.12. The van der Waals surface area contributed by atoms with Crippen molar-refractivity contribution in [2.24, 2.45) is 0 Å². The fourth-order valence-electron chi connectivity index (χ4n) is 2.30. The van der Waals surface area contributed by atoms with Crippen molar-refractivity contribution in [2.75, 3.05) is 6.61 Å². The number of aliphatic hydroxyl groups is 1. The molecule has 0 aliphatic carbocycles. The molecule has 0 spiro atoms. The van der Waals surface area contributed by atoms with Crippen LogP contribution in [0.1, 0.15) is 12.2 Å². The molecule has 7 heteroatoms. The van der Waals surface area contributed by atoms with E-state index in [-0.39, 0.29) is 12.4 Å². The van der Waals surface area contributed by atoms with Crippen LogP contribution in [0.15, 0.2) is 42.6 Å². The summed E-state index contributed by atoms with van der Waals surface area (Å²) in [6.07, 6.45) is 2.73. The maximum absolute atomic E-state index is 13.2. The van der Waals surface area contributed by atoms with Crippen molar-refractivity contribution in [3.8, 4) is 17.1 Å². The van der Waals surface area contributed by atoms with Crippen LogP contribution in [0.3, 0.4) is 0 Å². The molecule has 2 heterocycles. The van der Waals surface area contributed by atoms with Gasteiger partial charge in [0, 0.05) is 24.8 Å². The van der Waals surface area contributed by atoms with Gasteiger partial charge in [0.15, 0.2) is 5.82 Å². The Morgan fingerprint density at radius 2 is 1.91 bits per heavy atom. The minimum Gasteiger partial charge on any atom is -0.396 e. The van der Waals surface area contributed by atoms with E-state index in [1.165, 1.54) is 12.1 Å². The quantitative estimate of drug-likeness (QED) is 0.729. The highest BCUT2D eigenvalue weighted by Crippen LogP contribution is 2.24. The Labute approximate surface area is 137 Å². The number of aromatic nitrogens is 4. The first kappa shape index (κ1) is 15.6. The van der Waals surface area contributed by atoms with Crippen LogP contribution in [0.4, 0.5) is 4.39 Å². The molecule has 0 aliphatic rings. The first-order chi connectivity index (χ1) is 11.2. The SMILES string of the molecule is OCCCc1nnc(-c2ccc(F)cc2)n1-c1ccnc(Cl)c1. The van der Waals surface area contributed by atoms with Crippen molar-refractivity contribution in [1.29, 1.82) is 0 Å². The second-order valence-corrected chi connectivity index (χ2v) is 5.33. The number of hydrogen-bond acceptors (Lipinski definition) is 4. The van der Waals surface area contributed by atoms with E-state index in [9.17, 15) is 4.39 Å². The summed E-state index contributed by atoms with van der Waals surface area (Å²) in [6, 6.07) is 9.55. The lowest BCUT2D eigenvalue weighted by Gasteiger charge is -2.10. The number of pyridine rings is 1. The van der Waals surface area contributed by atoms with Gasteiger partial charge in [-0.1, -0.05) is 11.6 Å². The Kier molecular flexibility index (Phi) is 4.64. The first-order valence-electron chi connectivity index (χ1n) is 7.12. The van der Waals surface area contributed by atoms with Gasteiger partial charge >= 0.3 is 0 Å². The monoisotopic (exact) mass is 332 g/mol. The van der Waals surface area contributed by atoms with Crippen molar-refractivity contribution >= 4 is 11.6 Å². The summed E-state index contributed by atoms with van der Waals surface area (Å²) in [5, 5.41) is 17.8. The van der Waals surface area contributed by atoms with Gasteiger partial charge in [0.1, 0.15) is 16.8 Å². The molecule has 3 aromatic rings. The molecule has 0 unspecified atom stereocenters. The summed E-state index contributed by atoms with van der Waals surface area (Å²) in [5.41, 5.74) is 1.50. The Hall–Kier alpha value is -2.31. The van der Waals surface area contributed by atoms with Crippen LogP contribution in [0.5, 0.6) is 0 Å². The minimum absolute atomic E-state index is 0.0653. The van der Waals surface area contributed by atoms with Gasteiger partial charge in [-0.15, -0.1) is 10.2 Å². The zero-order chi connectivity index (χ0) is 16.2. The van der Waals surface area contributed by atoms with Crippen LogP contribution in [-0.4, -0.2) is 31.5 Å². The fraction of sp³-hybridized carbons (Fsp3) is 0.188. The maximum atomic E-state index is 13.2. The Bertz CT molecular complexity index is 804. The van der Waals surface area contributed by atoms with Gasteiger partial charge < -0.3 is 5.11 Å². The molecule has 2 aromatic heterocycles. The number of aliphatic hydroxyl groups excluding tert-OH is 1. The lowest BCUT2D eigenvalue weighted by Crippen LogP contribution is -2.04. The second kappa shape index (κ2) is 6.85. The van der Waals surface area contributed by atoms with Crippen LogP contribution in [0, 0.1) is 5.82 Å². The van der Waals surface area contributed by atoms with E-state index in [4.69, 9.17) is 16.7 Å². The van der Waals surface area contributed by atoms with Crippen LogP contribution in [0.25, 0.3) is 17.1 Å². The van der Waals surface area contributed by atoms with Crippen LogP contribution in [0.2, 0.25) is 5.15 Å². The molecule has 1 aromatic carbocycles. The van der Waals surface area contributed by atoms with Gasteiger partial charge in [0.2, 0.25) is 0 Å². The summed E-state index contributed by atoms with van der Waals surface area (Å²) in [4.78, 5) is 3.98. The molecular weight excluding hydrogens is 319 g/mol. The van der Waals surface area contributed by atoms with Crippen molar-refractivity contribution in [1.82, 2.24) is 19.7 Å². The molecule has 0 atom stereocenters. The minimum atomic E-state index is -0.313. The van der Waals surface area contributed by atoms with Gasteiger partial charge in [-0.2, -0.15) is 0 Å². The smallest absolute Gasteiger partial charge is 0.168 e. The molecule has 0 saturated carbocycles. The third-order valence-electron chi connectivity index (χ3n) is 3.36. The van der Waals surface area contributed by atoms with E-state index in [0.29, 0.717) is 29.6 Å². The number of halogens is 2. The van der Waals surface area contributed by atoms with Crippen molar-refractivity contribution in [3.05, 3.63) is 59.4 Å². The number of nitrogens with zero attached hydrogens (tertiary/aromatic N) is 4. The molecule has 118 valence electrons. The van der Waals surface area contributed by atoms with E-state index in [0.717, 1.165) is 11.3 Å². The summed E-state index contributed by atoms with van der Waals surface area (Å²) >= 11 is 5.98. The molecule has 0 amide bonds. The van der Waals surface area contributed by atoms with Gasteiger partial charge in [-0.05, 0) is 42.8 Å². The van der Waals surface area contributed by atoms with E-state index in [1.54, 1.807) is 30.5 Å². The van der Waals surface area contributed by atoms with Crippen LogP contribution in [-0.2, 0) is 6.42 Å². The van der Waals surface area contributed by atoms with Crippen molar-refractivity contribution in [3.63, 3.8) is 0 Å². The second-order valence-electron chi connectivity index (χ2n) is 4.95. The molecule has 0 aliphatic heterocycles. The predicted molar refractivity (Wildman–Crippen MR) is 85.0 cm³/mol. The molecule has 0 bridgehead atoms. The zero-order valence-corrected chi connectivity index (χ0v) is 12.9. The molecule has 0 radical (unpaired) electrons. The summed E-state index contributed by atoms with van der Waals surface area (Å²) in [6.45, 7) is 0.0653. The summed E-state index contributed by atoms with van der Waals surface area (Å²) in [7, 11) is 0. The van der Waals surface area contributed by atoms with Crippen LogP contribution >= 0.6 is 11.6 Å². The summed E-state index contributed by atoms with van der Waals surface area (Å²) in [5.74, 6) is 0.966. The average Bonchev–Trinajstić information content (AvgIpc) is 2.97. The van der Waals surface area contributed by atoms with E-state index in [1.807, 2.05) is 4.57 Å². The number of hydrogen-bond donors (Lipinski definition) is 1. The third-order valence-corrected chi connectivity index (χ3v) is 3.57. The Morgan fingerprint density at radius 3 is 2.61 bits per heavy atom. The normalized spacial score (nSPS) is 10.9. The summed E-state index contributed by atoms with van der Waals surface area (Å²) < 4.78 is 15.0. The molecular formula is C16H14ClFN4O. The van der Waals surface area contributed by atoms with Gasteiger partial charge in [-0.25, -0.2) is 9.37 Å². The average molecular weight is 333 g/mol.